The van der Waals surface area contributed by atoms with Gasteiger partial charge >= 0.3 is 6.18 Å². The molecule has 2 aromatic rings. The van der Waals surface area contributed by atoms with E-state index in [2.05, 4.69) is 5.18 Å². The minimum atomic E-state index is -4.22. The Bertz CT molecular complexity index is 583. The Morgan fingerprint density at radius 1 is 0.957 bits per heavy atom. The van der Waals surface area contributed by atoms with Gasteiger partial charge in [0.25, 0.3) is 0 Å². The third-order valence-electron chi connectivity index (χ3n) is 2.75. The van der Waals surface area contributed by atoms with Crippen LogP contribution in [0.15, 0.2) is 53.7 Å². The average Bonchev–Trinajstić information content (AvgIpc) is 2.49. The minimum Gasteiger partial charge on any atom is -0.207 e. The SMILES string of the molecule is CCCc1ccc(C(F)(F)F)cc1.Cl.O=Nc1ccc(F)cc1. The number of hydrogen-bond acceptors (Lipinski definition) is 2. The molecule has 0 aliphatic carbocycles. The molecule has 0 spiro atoms. The van der Waals surface area contributed by atoms with Gasteiger partial charge in [-0.3, -0.25) is 0 Å². The molecule has 0 bridgehead atoms. The lowest BCUT2D eigenvalue weighted by atomic mass is 10.1. The van der Waals surface area contributed by atoms with E-state index in [1.165, 1.54) is 36.4 Å². The van der Waals surface area contributed by atoms with Crippen LogP contribution in [0, 0.1) is 10.7 Å². The highest BCUT2D eigenvalue weighted by Gasteiger charge is 2.29. The van der Waals surface area contributed by atoms with Crippen molar-refractivity contribution in [3.63, 3.8) is 0 Å². The number of rotatable bonds is 3. The molecule has 0 aliphatic heterocycles. The van der Waals surface area contributed by atoms with Gasteiger partial charge in [0, 0.05) is 0 Å². The van der Waals surface area contributed by atoms with E-state index < -0.39 is 11.7 Å². The van der Waals surface area contributed by atoms with Crippen molar-refractivity contribution in [1.82, 2.24) is 0 Å². The Morgan fingerprint density at radius 2 is 1.48 bits per heavy atom. The van der Waals surface area contributed by atoms with Gasteiger partial charge in [-0.2, -0.15) is 13.2 Å². The van der Waals surface area contributed by atoms with Gasteiger partial charge in [0.15, 0.2) is 0 Å². The fraction of sp³-hybridized carbons (Fsp3) is 0.250. The van der Waals surface area contributed by atoms with E-state index in [0.717, 1.165) is 30.5 Å². The highest BCUT2D eigenvalue weighted by Crippen LogP contribution is 2.29. The zero-order chi connectivity index (χ0) is 16.6. The van der Waals surface area contributed by atoms with E-state index in [0.29, 0.717) is 0 Å². The fourth-order valence-electron chi connectivity index (χ4n) is 1.65. The maximum Gasteiger partial charge on any atom is 0.416 e. The number of nitroso groups, excluding NO2 is 1. The first-order valence-corrected chi connectivity index (χ1v) is 6.62. The Balaban J connectivity index is 0.000000427. The van der Waals surface area contributed by atoms with E-state index in [4.69, 9.17) is 0 Å². The van der Waals surface area contributed by atoms with Crippen molar-refractivity contribution in [3.8, 4) is 0 Å². The number of hydrogen-bond donors (Lipinski definition) is 0. The quantitative estimate of drug-likeness (QED) is 0.472. The minimum absolute atomic E-state index is 0. The number of benzene rings is 2. The monoisotopic (exact) mass is 349 g/mol. The molecule has 0 radical (unpaired) electrons. The first-order valence-electron chi connectivity index (χ1n) is 6.62. The smallest absolute Gasteiger partial charge is 0.207 e. The summed E-state index contributed by atoms with van der Waals surface area (Å²) in [5, 5.41) is 2.60. The van der Waals surface area contributed by atoms with Crippen molar-refractivity contribution in [2.75, 3.05) is 0 Å². The van der Waals surface area contributed by atoms with Crippen LogP contribution in [0.2, 0.25) is 0 Å². The largest absolute Gasteiger partial charge is 0.416 e. The van der Waals surface area contributed by atoms with E-state index in [-0.39, 0.29) is 23.9 Å². The summed E-state index contributed by atoms with van der Waals surface area (Å²) < 4.78 is 48.4. The zero-order valence-corrected chi connectivity index (χ0v) is 13.1. The Hall–Kier alpha value is -1.95. The molecule has 0 unspecified atom stereocenters. The number of nitrogens with zero attached hydrogens (tertiary/aromatic N) is 1. The lowest BCUT2D eigenvalue weighted by Gasteiger charge is -2.06. The summed E-state index contributed by atoms with van der Waals surface area (Å²) in [4.78, 5) is 9.75. The van der Waals surface area contributed by atoms with E-state index in [1.807, 2.05) is 6.92 Å². The molecule has 0 aliphatic rings. The third kappa shape index (κ3) is 7.74. The van der Waals surface area contributed by atoms with E-state index >= 15 is 0 Å². The molecule has 0 fully saturated rings. The fourth-order valence-corrected chi connectivity index (χ4v) is 1.65. The van der Waals surface area contributed by atoms with Crippen molar-refractivity contribution < 1.29 is 17.6 Å². The molecule has 0 saturated carbocycles. The second kappa shape index (κ2) is 9.94. The molecule has 2 rings (SSSR count). The molecule has 126 valence electrons. The van der Waals surface area contributed by atoms with Gasteiger partial charge in [-0.1, -0.05) is 25.5 Å². The average molecular weight is 350 g/mol. The maximum atomic E-state index is 12.1. The summed E-state index contributed by atoms with van der Waals surface area (Å²) in [6.07, 6.45) is -2.44. The Kier molecular flexibility index (Phi) is 9.10. The second-order valence-corrected chi connectivity index (χ2v) is 4.51. The summed E-state index contributed by atoms with van der Waals surface area (Å²) in [7, 11) is 0. The van der Waals surface area contributed by atoms with E-state index in [1.54, 1.807) is 0 Å². The lowest BCUT2D eigenvalue weighted by Crippen LogP contribution is -2.04. The Morgan fingerprint density at radius 3 is 1.87 bits per heavy atom. The van der Waals surface area contributed by atoms with Crippen molar-refractivity contribution in [2.45, 2.75) is 25.9 Å². The van der Waals surface area contributed by atoms with Crippen LogP contribution in [0.3, 0.4) is 0 Å². The van der Waals surface area contributed by atoms with Gasteiger partial charge in [0.1, 0.15) is 11.5 Å². The number of alkyl halides is 3. The van der Waals surface area contributed by atoms with Gasteiger partial charge in [-0.05, 0) is 53.6 Å². The summed E-state index contributed by atoms with van der Waals surface area (Å²) in [6, 6.07) is 10.4. The molecule has 23 heavy (non-hydrogen) atoms. The van der Waals surface area contributed by atoms with Gasteiger partial charge < -0.3 is 0 Å². The highest BCUT2D eigenvalue weighted by molar-refractivity contribution is 5.85. The molecule has 0 N–H and O–H groups in total. The first-order chi connectivity index (χ1) is 10.4. The van der Waals surface area contributed by atoms with Crippen LogP contribution in [0.1, 0.15) is 24.5 Å². The van der Waals surface area contributed by atoms with Crippen molar-refractivity contribution in [3.05, 3.63) is 70.4 Å². The van der Waals surface area contributed by atoms with Crippen molar-refractivity contribution >= 4 is 18.1 Å². The molecule has 0 amide bonds. The Labute approximate surface area is 137 Å². The predicted molar refractivity (Wildman–Crippen MR) is 84.5 cm³/mol. The summed E-state index contributed by atoms with van der Waals surface area (Å²) in [5.41, 5.74) is 0.624. The van der Waals surface area contributed by atoms with Crippen LogP contribution in [0.25, 0.3) is 0 Å². The normalized spacial score (nSPS) is 10.1. The molecule has 7 heteroatoms. The van der Waals surface area contributed by atoms with Crippen molar-refractivity contribution in [1.29, 1.82) is 0 Å². The van der Waals surface area contributed by atoms with Gasteiger partial charge in [0.05, 0.1) is 5.56 Å². The molecule has 0 saturated heterocycles. The molecule has 0 heterocycles. The maximum absolute atomic E-state index is 12.1. The van der Waals surface area contributed by atoms with Crippen LogP contribution in [0.4, 0.5) is 23.2 Å². The zero-order valence-electron chi connectivity index (χ0n) is 12.3. The van der Waals surface area contributed by atoms with Gasteiger partial charge in [-0.15, -0.1) is 17.3 Å². The summed E-state index contributed by atoms with van der Waals surface area (Å²) in [5.74, 6) is -0.359. The summed E-state index contributed by atoms with van der Waals surface area (Å²) in [6.45, 7) is 2.00. The number of aryl methyl sites for hydroxylation is 1. The first kappa shape index (κ1) is 21.0. The second-order valence-electron chi connectivity index (χ2n) is 4.51. The molecular weight excluding hydrogens is 334 g/mol. The molecule has 2 aromatic carbocycles. The number of halogens is 5. The predicted octanol–water partition coefficient (Wildman–Crippen LogP) is 6.30. The standard InChI is InChI=1S/C10H11F3.C6H4FNO.ClH/c1-2-3-8-4-6-9(7-5-8)10(11,12)13;7-5-1-3-6(8-9)4-2-5;/h4-7H,2-3H2,1H3;1-4H;1H. The lowest BCUT2D eigenvalue weighted by molar-refractivity contribution is -0.137. The van der Waals surface area contributed by atoms with Crippen molar-refractivity contribution in [2.24, 2.45) is 5.18 Å². The van der Waals surface area contributed by atoms with Crippen LogP contribution in [-0.4, -0.2) is 0 Å². The molecule has 0 aromatic heterocycles. The molecule has 2 nitrogen and oxygen atoms in total. The summed E-state index contributed by atoms with van der Waals surface area (Å²) >= 11 is 0. The molecular formula is C16H16ClF4NO. The van der Waals surface area contributed by atoms with Gasteiger partial charge in [-0.25, -0.2) is 4.39 Å². The molecule has 0 atom stereocenters. The van der Waals surface area contributed by atoms with Crippen LogP contribution < -0.4 is 0 Å². The van der Waals surface area contributed by atoms with Crippen LogP contribution in [0.5, 0.6) is 0 Å². The van der Waals surface area contributed by atoms with E-state index in [9.17, 15) is 22.5 Å². The van der Waals surface area contributed by atoms with Crippen LogP contribution >= 0.6 is 12.4 Å². The third-order valence-corrected chi connectivity index (χ3v) is 2.75. The highest BCUT2D eigenvalue weighted by atomic mass is 35.5. The topological polar surface area (TPSA) is 29.4 Å². The van der Waals surface area contributed by atoms with Gasteiger partial charge in [0.2, 0.25) is 0 Å². The van der Waals surface area contributed by atoms with Crippen LogP contribution in [-0.2, 0) is 12.6 Å².